The lowest BCUT2D eigenvalue weighted by Gasteiger charge is -2.34. The first kappa shape index (κ1) is 19.9. The Kier molecular flexibility index (Phi) is 5.83. The zero-order valence-electron chi connectivity index (χ0n) is 17.5. The molecule has 0 N–H and O–H groups in total. The minimum Gasteiger partial charge on any atom is -0.342 e. The van der Waals surface area contributed by atoms with Crippen molar-refractivity contribution in [1.29, 1.82) is 0 Å². The van der Waals surface area contributed by atoms with E-state index in [1.54, 1.807) is 12.4 Å². The van der Waals surface area contributed by atoms with Crippen LogP contribution < -0.4 is 0 Å². The largest absolute Gasteiger partial charge is 0.342 e. The lowest BCUT2D eigenvalue weighted by Crippen LogP contribution is -2.44. The fraction of sp³-hybridized carbons (Fsp3) is 0.636. The number of likely N-dealkylation sites (tertiary alicyclic amines) is 2. The molecule has 0 saturated carbocycles. The van der Waals surface area contributed by atoms with Gasteiger partial charge in [0.1, 0.15) is 0 Å². The van der Waals surface area contributed by atoms with Gasteiger partial charge < -0.3 is 9.80 Å². The molecule has 0 unspecified atom stereocenters. The van der Waals surface area contributed by atoms with Gasteiger partial charge in [-0.05, 0) is 45.6 Å². The molecular weight excluding hydrogens is 366 g/mol. The number of aromatic nitrogens is 3. The number of rotatable bonds is 3. The minimum atomic E-state index is -0.00244. The van der Waals surface area contributed by atoms with Crippen molar-refractivity contribution in [2.75, 3.05) is 26.2 Å². The molecule has 4 rings (SSSR count). The average Bonchev–Trinajstić information content (AvgIpc) is 2.98. The van der Waals surface area contributed by atoms with E-state index in [9.17, 15) is 9.59 Å². The normalized spacial score (nSPS) is 19.0. The number of fused-ring (bicyclic) bond motifs is 1. The smallest absolute Gasteiger partial charge is 0.255 e. The fourth-order valence-electron chi connectivity index (χ4n) is 4.50. The molecule has 2 aliphatic rings. The highest BCUT2D eigenvalue weighted by atomic mass is 16.2. The van der Waals surface area contributed by atoms with Crippen molar-refractivity contribution in [2.24, 2.45) is 5.92 Å². The van der Waals surface area contributed by atoms with E-state index in [0.29, 0.717) is 24.6 Å². The minimum absolute atomic E-state index is 0.00244. The van der Waals surface area contributed by atoms with Gasteiger partial charge in [0.25, 0.3) is 5.91 Å². The van der Waals surface area contributed by atoms with E-state index in [1.165, 1.54) is 12.8 Å². The van der Waals surface area contributed by atoms with Crippen molar-refractivity contribution < 1.29 is 9.59 Å². The maximum Gasteiger partial charge on any atom is 0.255 e. The molecule has 0 bridgehead atoms. The standard InChI is InChI=1S/C22H31N5O2/c1-16(2)27-20-18(15-24-27)13-19(14-23-20)22(29)26-11-7-17(8-12-26)21(28)25-9-5-3-4-6-10-25/h13-17H,3-12H2,1-2H3. The predicted molar refractivity (Wildman–Crippen MR) is 112 cm³/mol. The number of nitrogens with zero attached hydrogens (tertiary/aromatic N) is 5. The zero-order valence-corrected chi connectivity index (χ0v) is 17.5. The van der Waals surface area contributed by atoms with Crippen molar-refractivity contribution in [3.8, 4) is 0 Å². The van der Waals surface area contributed by atoms with Gasteiger partial charge in [0.05, 0.1) is 11.8 Å². The van der Waals surface area contributed by atoms with E-state index in [4.69, 9.17) is 0 Å². The molecule has 0 radical (unpaired) electrons. The molecule has 2 saturated heterocycles. The monoisotopic (exact) mass is 397 g/mol. The van der Waals surface area contributed by atoms with Crippen LogP contribution in [0, 0.1) is 5.92 Å². The number of hydrogen-bond donors (Lipinski definition) is 0. The van der Waals surface area contributed by atoms with Crippen LogP contribution in [0.1, 0.15) is 68.8 Å². The van der Waals surface area contributed by atoms with Gasteiger partial charge in [0, 0.05) is 49.7 Å². The molecule has 0 spiro atoms. The van der Waals surface area contributed by atoms with Crippen LogP contribution in [-0.4, -0.2) is 62.6 Å². The quantitative estimate of drug-likeness (QED) is 0.797. The summed E-state index contributed by atoms with van der Waals surface area (Å²) in [5.41, 5.74) is 1.40. The maximum atomic E-state index is 13.0. The van der Waals surface area contributed by atoms with E-state index in [1.807, 2.05) is 15.6 Å². The molecule has 2 aromatic rings. The first-order chi connectivity index (χ1) is 14.0. The Morgan fingerprint density at radius 2 is 1.66 bits per heavy atom. The summed E-state index contributed by atoms with van der Waals surface area (Å²) in [5, 5.41) is 5.26. The van der Waals surface area contributed by atoms with Gasteiger partial charge in [-0.1, -0.05) is 12.8 Å². The molecule has 7 nitrogen and oxygen atoms in total. The van der Waals surface area contributed by atoms with Crippen LogP contribution in [0.25, 0.3) is 11.0 Å². The topological polar surface area (TPSA) is 71.3 Å². The average molecular weight is 398 g/mol. The van der Waals surface area contributed by atoms with Gasteiger partial charge in [-0.15, -0.1) is 0 Å². The summed E-state index contributed by atoms with van der Waals surface area (Å²) < 4.78 is 1.86. The Morgan fingerprint density at radius 1 is 0.966 bits per heavy atom. The number of hydrogen-bond acceptors (Lipinski definition) is 4. The van der Waals surface area contributed by atoms with Crippen LogP contribution in [0.15, 0.2) is 18.5 Å². The fourth-order valence-corrected chi connectivity index (χ4v) is 4.50. The van der Waals surface area contributed by atoms with Crippen molar-refractivity contribution in [3.05, 3.63) is 24.0 Å². The highest BCUT2D eigenvalue weighted by Gasteiger charge is 2.31. The molecule has 2 amide bonds. The van der Waals surface area contributed by atoms with Gasteiger partial charge in [0.15, 0.2) is 5.65 Å². The highest BCUT2D eigenvalue weighted by molar-refractivity contribution is 5.97. The lowest BCUT2D eigenvalue weighted by molar-refractivity contribution is -0.136. The second-order valence-corrected chi connectivity index (χ2v) is 8.63. The maximum absolute atomic E-state index is 13.0. The molecule has 2 aliphatic heterocycles. The Hall–Kier alpha value is -2.44. The third-order valence-corrected chi connectivity index (χ3v) is 6.22. The lowest BCUT2D eigenvalue weighted by atomic mass is 9.94. The SMILES string of the molecule is CC(C)n1ncc2cc(C(=O)N3CCC(C(=O)N4CCCCCC4)CC3)cnc21. The van der Waals surface area contributed by atoms with Crippen LogP contribution in [0.2, 0.25) is 0 Å². The van der Waals surface area contributed by atoms with E-state index in [-0.39, 0.29) is 17.9 Å². The van der Waals surface area contributed by atoms with Gasteiger partial charge in [-0.3, -0.25) is 9.59 Å². The number of amides is 2. The summed E-state index contributed by atoms with van der Waals surface area (Å²) in [6, 6.07) is 2.10. The van der Waals surface area contributed by atoms with Crippen molar-refractivity contribution in [2.45, 2.75) is 58.4 Å². The third kappa shape index (κ3) is 4.14. The van der Waals surface area contributed by atoms with Crippen LogP contribution in [-0.2, 0) is 4.79 Å². The van der Waals surface area contributed by atoms with Gasteiger partial charge >= 0.3 is 0 Å². The molecule has 0 aromatic carbocycles. The molecule has 2 fully saturated rings. The van der Waals surface area contributed by atoms with Crippen LogP contribution >= 0.6 is 0 Å². The molecule has 2 aromatic heterocycles. The molecular formula is C22H31N5O2. The Balaban J connectivity index is 1.38. The number of pyridine rings is 1. The Bertz CT molecular complexity index is 874. The zero-order chi connectivity index (χ0) is 20.4. The molecule has 0 atom stereocenters. The first-order valence-corrected chi connectivity index (χ1v) is 11.0. The number of piperidine rings is 1. The second kappa shape index (κ2) is 8.51. The second-order valence-electron chi connectivity index (χ2n) is 8.63. The van der Waals surface area contributed by atoms with Gasteiger partial charge in [-0.2, -0.15) is 5.10 Å². The summed E-state index contributed by atoms with van der Waals surface area (Å²) >= 11 is 0. The van der Waals surface area contributed by atoms with E-state index >= 15 is 0 Å². The third-order valence-electron chi connectivity index (χ3n) is 6.22. The molecule has 7 heteroatoms. The van der Waals surface area contributed by atoms with E-state index < -0.39 is 0 Å². The van der Waals surface area contributed by atoms with Crippen molar-refractivity contribution in [3.63, 3.8) is 0 Å². The predicted octanol–water partition coefficient (Wildman–Crippen LogP) is 3.27. The summed E-state index contributed by atoms with van der Waals surface area (Å²) in [6.07, 6.45) is 9.61. The van der Waals surface area contributed by atoms with Crippen molar-refractivity contribution in [1.82, 2.24) is 24.6 Å². The molecule has 4 heterocycles. The first-order valence-electron chi connectivity index (χ1n) is 11.0. The van der Waals surface area contributed by atoms with Gasteiger partial charge in [0.2, 0.25) is 5.91 Å². The summed E-state index contributed by atoms with van der Waals surface area (Å²) in [5.74, 6) is 0.350. The van der Waals surface area contributed by atoms with E-state index in [2.05, 4.69) is 28.8 Å². The van der Waals surface area contributed by atoms with Crippen LogP contribution in [0.4, 0.5) is 0 Å². The van der Waals surface area contributed by atoms with E-state index in [0.717, 1.165) is 49.8 Å². The van der Waals surface area contributed by atoms with Gasteiger partial charge in [-0.25, -0.2) is 9.67 Å². The Labute approximate surface area is 172 Å². The van der Waals surface area contributed by atoms with Crippen molar-refractivity contribution >= 4 is 22.8 Å². The molecule has 156 valence electrons. The Morgan fingerprint density at radius 3 is 2.31 bits per heavy atom. The highest BCUT2D eigenvalue weighted by Crippen LogP contribution is 2.24. The summed E-state index contributed by atoms with van der Waals surface area (Å²) in [7, 11) is 0. The summed E-state index contributed by atoms with van der Waals surface area (Å²) in [6.45, 7) is 7.18. The van der Waals surface area contributed by atoms with Crippen LogP contribution in [0.5, 0.6) is 0 Å². The van der Waals surface area contributed by atoms with Crippen LogP contribution in [0.3, 0.4) is 0 Å². The number of carbonyl (C=O) groups excluding carboxylic acids is 2. The summed E-state index contributed by atoms with van der Waals surface area (Å²) in [4.78, 5) is 34.2. The number of carbonyl (C=O) groups is 2. The molecule has 29 heavy (non-hydrogen) atoms. The molecule has 0 aliphatic carbocycles.